The zero-order valence-corrected chi connectivity index (χ0v) is 10.9. The first-order valence-electron chi connectivity index (χ1n) is 4.88. The van der Waals surface area contributed by atoms with Crippen LogP contribution < -0.4 is 0 Å². The van der Waals surface area contributed by atoms with Crippen molar-refractivity contribution in [2.24, 2.45) is 5.41 Å². The molecule has 0 fully saturated rings. The maximum absolute atomic E-state index is 11.8. The van der Waals surface area contributed by atoms with Crippen LogP contribution in [0.4, 0.5) is 13.2 Å². The quantitative estimate of drug-likeness (QED) is 0.468. The van der Waals surface area contributed by atoms with E-state index in [1.165, 1.54) is 20.8 Å². The van der Waals surface area contributed by atoms with Crippen LogP contribution in [-0.4, -0.2) is 6.18 Å². The Labute approximate surface area is 146 Å². The van der Waals surface area contributed by atoms with Crippen molar-refractivity contribution >= 4 is 0 Å². The van der Waals surface area contributed by atoms with E-state index in [4.69, 9.17) is 0 Å². The molecule has 124 valence electrons. The summed E-state index contributed by atoms with van der Waals surface area (Å²) in [6, 6.07) is 0. The summed E-state index contributed by atoms with van der Waals surface area (Å²) in [6.45, 7) is 11.9. The minimum absolute atomic E-state index is 0. The topological polar surface area (TPSA) is 0 Å². The molecule has 0 atom stereocenters. The van der Waals surface area contributed by atoms with Crippen molar-refractivity contribution in [1.29, 1.82) is 0 Å². The van der Waals surface area contributed by atoms with E-state index in [1.54, 1.807) is 0 Å². The Hall–Kier alpha value is 1.05. The summed E-state index contributed by atoms with van der Waals surface area (Å²) in [6.07, 6.45) is -3.92. The Balaban J connectivity index is -0.0000000169. The third-order valence-electron chi connectivity index (χ3n) is 1.65. The van der Waals surface area contributed by atoms with Crippen LogP contribution in [0.1, 0.15) is 84.6 Å². The van der Waals surface area contributed by atoms with E-state index in [0.717, 1.165) is 0 Å². The molecule has 0 saturated heterocycles. The first kappa shape index (κ1) is 50.8. The van der Waals surface area contributed by atoms with Crippen LogP contribution in [0.15, 0.2) is 0 Å². The third-order valence-corrected chi connectivity index (χ3v) is 1.65. The number of rotatable bonds is 1. The molecule has 0 radical (unpaired) electrons. The van der Waals surface area contributed by atoms with Gasteiger partial charge in [0.05, 0.1) is 5.41 Å². The molecule has 0 unspecified atom stereocenters. The van der Waals surface area contributed by atoms with Gasteiger partial charge < -0.3 is 0 Å². The molecule has 0 aliphatic heterocycles. The SMILES string of the molecule is C.C.C.C.CC.CC.CCC(C)(C)C(F)(F)F.[Ar]. The average molecular weight is 304 g/mol. The van der Waals surface area contributed by atoms with Gasteiger partial charge in [-0.2, -0.15) is 13.2 Å². The predicted molar refractivity (Wildman–Crippen MR) is 79.7 cm³/mol. The van der Waals surface area contributed by atoms with E-state index in [-0.39, 0.29) is 73.9 Å². The van der Waals surface area contributed by atoms with Crippen molar-refractivity contribution in [2.45, 2.75) is 90.8 Å². The molecule has 0 spiro atoms. The van der Waals surface area contributed by atoms with Crippen LogP contribution in [-0.2, 0) is 0 Å². The summed E-state index contributed by atoms with van der Waals surface area (Å²) in [5, 5.41) is 0. The second-order valence-corrected chi connectivity index (χ2v) is 2.74. The van der Waals surface area contributed by atoms with E-state index in [1.807, 2.05) is 27.7 Å². The number of hydrogen-bond acceptors (Lipinski definition) is 0. The minimum atomic E-state index is -4.05. The fourth-order valence-electron chi connectivity index (χ4n) is 0.200. The molecule has 0 aliphatic carbocycles. The Bertz CT molecular complexity index is 99.7. The summed E-state index contributed by atoms with van der Waals surface area (Å²) < 4.78 is 35.5. The number of hydrogen-bond donors (Lipinski definition) is 0. The van der Waals surface area contributed by atoms with Crippen molar-refractivity contribution in [1.82, 2.24) is 0 Å². The first-order chi connectivity index (χ1) is 5.81. The monoisotopic (exact) mass is 304 g/mol. The van der Waals surface area contributed by atoms with Gasteiger partial charge in [-0.15, -0.1) is 0 Å². The largest absolute Gasteiger partial charge is 0.393 e. The fourth-order valence-corrected chi connectivity index (χ4v) is 0.200. The minimum Gasteiger partial charge on any atom is -0.171 e. The summed E-state index contributed by atoms with van der Waals surface area (Å²) in [5.74, 6) is 0. The van der Waals surface area contributed by atoms with Crippen molar-refractivity contribution in [3.63, 3.8) is 0 Å². The summed E-state index contributed by atoms with van der Waals surface area (Å²) in [5.41, 5.74) is -1.52. The van der Waals surface area contributed by atoms with Crippen molar-refractivity contribution in [3.8, 4) is 0 Å². The third kappa shape index (κ3) is 25.8. The Kier molecular flexibility index (Phi) is 75.1. The molecule has 0 rings (SSSR count). The van der Waals surface area contributed by atoms with Crippen LogP contribution in [0.25, 0.3) is 0 Å². The van der Waals surface area contributed by atoms with Gasteiger partial charge in [0.1, 0.15) is 0 Å². The summed E-state index contributed by atoms with van der Waals surface area (Å²) >= 11 is 0. The maximum atomic E-state index is 11.8. The van der Waals surface area contributed by atoms with E-state index in [9.17, 15) is 13.2 Å². The van der Waals surface area contributed by atoms with Crippen LogP contribution >= 0.6 is 0 Å². The summed E-state index contributed by atoms with van der Waals surface area (Å²) in [4.78, 5) is 0. The molecule has 0 saturated carbocycles. The summed E-state index contributed by atoms with van der Waals surface area (Å²) in [7, 11) is 0. The smallest absolute Gasteiger partial charge is 0.171 e. The molecule has 0 aliphatic rings. The zero-order valence-electron chi connectivity index (χ0n) is 10.2. The molecule has 0 bridgehead atoms. The maximum Gasteiger partial charge on any atom is 0.393 e. The first-order valence-corrected chi connectivity index (χ1v) is 4.88. The molecular formula is C14H39ArF3. The molecule has 4 heteroatoms. The molecular weight excluding hydrogens is 265 g/mol. The second kappa shape index (κ2) is 26.6. The van der Waals surface area contributed by atoms with Gasteiger partial charge >= 0.3 is 6.18 Å². The number of halogens is 3. The molecule has 0 aromatic carbocycles. The van der Waals surface area contributed by atoms with E-state index >= 15 is 0 Å². The average Bonchev–Trinajstić information content (AvgIpc) is 2.10. The van der Waals surface area contributed by atoms with Crippen LogP contribution in [0.3, 0.4) is 0 Å². The van der Waals surface area contributed by atoms with Gasteiger partial charge in [0, 0.05) is 37.7 Å². The van der Waals surface area contributed by atoms with E-state index < -0.39 is 11.6 Å². The van der Waals surface area contributed by atoms with E-state index in [2.05, 4.69) is 0 Å². The Morgan fingerprint density at radius 2 is 0.889 bits per heavy atom. The Morgan fingerprint density at radius 1 is 0.722 bits per heavy atom. The van der Waals surface area contributed by atoms with Crippen LogP contribution in [0.2, 0.25) is 0 Å². The van der Waals surface area contributed by atoms with Crippen molar-refractivity contribution < 1.29 is 50.9 Å². The van der Waals surface area contributed by atoms with Gasteiger partial charge in [-0.25, -0.2) is 0 Å². The second-order valence-electron chi connectivity index (χ2n) is 2.74. The molecule has 0 aromatic rings. The Morgan fingerprint density at radius 3 is 0.889 bits per heavy atom. The van der Waals surface area contributed by atoms with Gasteiger partial charge in [0.25, 0.3) is 0 Å². The van der Waals surface area contributed by atoms with E-state index in [0.29, 0.717) is 0 Å². The van der Waals surface area contributed by atoms with Crippen LogP contribution in [0, 0.1) is 43.2 Å². The van der Waals surface area contributed by atoms with Crippen molar-refractivity contribution in [2.75, 3.05) is 0 Å². The van der Waals surface area contributed by atoms with Gasteiger partial charge in [0.2, 0.25) is 0 Å². The normalized spacial score (nSPS) is 7.67. The molecule has 0 N–H and O–H groups in total. The molecule has 0 aromatic heterocycles. The van der Waals surface area contributed by atoms with Gasteiger partial charge in [-0.3, -0.25) is 0 Å². The molecule has 0 amide bonds. The van der Waals surface area contributed by atoms with Gasteiger partial charge in [-0.1, -0.05) is 78.2 Å². The fraction of sp³-hybridized carbons (Fsp3) is 1.00. The number of alkyl halides is 3. The molecule has 0 nitrogen and oxygen atoms in total. The predicted octanol–water partition coefficient (Wildman–Crippen LogP) is 7.58. The van der Waals surface area contributed by atoms with Gasteiger partial charge in [-0.05, 0) is 6.42 Å². The standard InChI is InChI=1S/C6H11F3.2C2H6.4CH4.Ar/c1-4-5(2,3)6(7,8)9;2*1-2;;;;;/h4H2,1-3H3;2*1-2H3;4*1H4;. The van der Waals surface area contributed by atoms with Crippen molar-refractivity contribution in [3.05, 3.63) is 0 Å². The molecule has 18 heavy (non-hydrogen) atoms. The zero-order chi connectivity index (χ0) is 11.7. The molecule has 0 heterocycles. The van der Waals surface area contributed by atoms with Gasteiger partial charge in [0.15, 0.2) is 0 Å². The van der Waals surface area contributed by atoms with Crippen LogP contribution in [0.5, 0.6) is 0 Å².